The SMILES string of the molecule is CCCOc1ccccc1N[C@H](CC(=O)[O-])C(=O)Nc1cccc(NC(C)=O)c1. The molecule has 0 heterocycles. The topological polar surface area (TPSA) is 120 Å². The number of rotatable bonds is 10. The van der Waals surface area contributed by atoms with Crippen molar-refractivity contribution in [2.24, 2.45) is 0 Å². The van der Waals surface area contributed by atoms with Gasteiger partial charge in [0.2, 0.25) is 11.8 Å². The van der Waals surface area contributed by atoms with E-state index in [0.717, 1.165) is 6.42 Å². The third-order valence-electron chi connectivity index (χ3n) is 3.82. The molecule has 2 aromatic carbocycles. The summed E-state index contributed by atoms with van der Waals surface area (Å²) < 4.78 is 5.65. The number of hydrogen-bond acceptors (Lipinski definition) is 6. The van der Waals surface area contributed by atoms with Crippen molar-refractivity contribution < 1.29 is 24.2 Å². The zero-order chi connectivity index (χ0) is 21.2. The van der Waals surface area contributed by atoms with Gasteiger partial charge in [-0.15, -0.1) is 0 Å². The van der Waals surface area contributed by atoms with Crippen molar-refractivity contribution >= 4 is 34.8 Å². The zero-order valence-corrected chi connectivity index (χ0v) is 16.4. The first-order valence-electron chi connectivity index (χ1n) is 9.25. The number of benzene rings is 2. The lowest BCUT2D eigenvalue weighted by Gasteiger charge is -2.22. The molecule has 3 N–H and O–H groups in total. The van der Waals surface area contributed by atoms with Crippen molar-refractivity contribution in [2.75, 3.05) is 22.6 Å². The Hall–Kier alpha value is -3.55. The summed E-state index contributed by atoms with van der Waals surface area (Å²) in [6, 6.07) is 12.5. The smallest absolute Gasteiger partial charge is 0.247 e. The third kappa shape index (κ3) is 7.17. The van der Waals surface area contributed by atoms with Crippen molar-refractivity contribution in [3.05, 3.63) is 48.5 Å². The molecule has 0 unspecified atom stereocenters. The lowest BCUT2D eigenvalue weighted by molar-refractivity contribution is -0.305. The van der Waals surface area contributed by atoms with E-state index in [1.54, 1.807) is 48.5 Å². The summed E-state index contributed by atoms with van der Waals surface area (Å²) in [5.74, 6) is -1.64. The Morgan fingerprint density at radius 2 is 1.72 bits per heavy atom. The van der Waals surface area contributed by atoms with E-state index < -0.39 is 24.3 Å². The minimum atomic E-state index is -1.36. The molecule has 8 heteroatoms. The van der Waals surface area contributed by atoms with E-state index in [2.05, 4.69) is 16.0 Å². The molecule has 0 saturated heterocycles. The highest BCUT2D eigenvalue weighted by Gasteiger charge is 2.20. The molecule has 0 saturated carbocycles. The molecule has 0 spiro atoms. The van der Waals surface area contributed by atoms with Crippen molar-refractivity contribution in [2.45, 2.75) is 32.7 Å². The predicted molar refractivity (Wildman–Crippen MR) is 109 cm³/mol. The van der Waals surface area contributed by atoms with Gasteiger partial charge in [0, 0.05) is 30.7 Å². The molecule has 2 rings (SSSR count). The fourth-order valence-corrected chi connectivity index (χ4v) is 2.59. The van der Waals surface area contributed by atoms with Crippen LogP contribution in [0.1, 0.15) is 26.7 Å². The normalized spacial score (nSPS) is 11.2. The summed E-state index contributed by atoms with van der Waals surface area (Å²) >= 11 is 0. The van der Waals surface area contributed by atoms with Crippen molar-refractivity contribution in [3.63, 3.8) is 0 Å². The molecule has 0 bridgehead atoms. The maximum absolute atomic E-state index is 12.7. The first-order valence-corrected chi connectivity index (χ1v) is 9.25. The Kier molecular flexibility index (Phi) is 8.02. The lowest BCUT2D eigenvalue weighted by Crippen LogP contribution is -2.40. The van der Waals surface area contributed by atoms with Gasteiger partial charge in [-0.25, -0.2) is 0 Å². The number of ether oxygens (including phenoxy) is 1. The van der Waals surface area contributed by atoms with E-state index in [1.807, 2.05) is 6.92 Å². The number of amides is 2. The first kappa shape index (κ1) is 21.7. The van der Waals surface area contributed by atoms with Crippen LogP contribution in [0.15, 0.2) is 48.5 Å². The number of carboxylic acid groups (broad SMARTS) is 1. The maximum atomic E-state index is 12.7. The van der Waals surface area contributed by atoms with Crippen LogP contribution in [-0.2, 0) is 14.4 Å². The Morgan fingerprint density at radius 1 is 1.03 bits per heavy atom. The van der Waals surface area contributed by atoms with Crippen LogP contribution in [0.5, 0.6) is 5.75 Å². The van der Waals surface area contributed by atoms with E-state index in [1.165, 1.54) is 6.92 Å². The fourth-order valence-electron chi connectivity index (χ4n) is 2.59. The summed E-state index contributed by atoms with van der Waals surface area (Å²) in [7, 11) is 0. The first-order chi connectivity index (χ1) is 13.9. The van der Waals surface area contributed by atoms with Gasteiger partial charge in [-0.1, -0.05) is 25.1 Å². The van der Waals surface area contributed by atoms with E-state index >= 15 is 0 Å². The lowest BCUT2D eigenvalue weighted by atomic mass is 10.1. The van der Waals surface area contributed by atoms with Gasteiger partial charge in [0.15, 0.2) is 0 Å². The number of nitrogens with one attached hydrogen (secondary N) is 3. The summed E-state index contributed by atoms with van der Waals surface area (Å²) in [5, 5.41) is 19.4. The van der Waals surface area contributed by atoms with Crippen LogP contribution in [0, 0.1) is 0 Å². The van der Waals surface area contributed by atoms with Crippen molar-refractivity contribution in [3.8, 4) is 5.75 Å². The molecule has 0 radical (unpaired) electrons. The fraction of sp³-hybridized carbons (Fsp3) is 0.286. The van der Waals surface area contributed by atoms with E-state index in [-0.39, 0.29) is 5.91 Å². The van der Waals surface area contributed by atoms with E-state index in [0.29, 0.717) is 29.4 Å². The molecular weight excluding hydrogens is 374 g/mol. The van der Waals surface area contributed by atoms with Gasteiger partial charge in [-0.05, 0) is 36.8 Å². The van der Waals surface area contributed by atoms with E-state index in [9.17, 15) is 19.5 Å². The quantitative estimate of drug-likeness (QED) is 0.563. The van der Waals surface area contributed by atoms with Crippen LogP contribution in [0.2, 0.25) is 0 Å². The van der Waals surface area contributed by atoms with Crippen LogP contribution in [0.3, 0.4) is 0 Å². The summed E-state index contributed by atoms with van der Waals surface area (Å²) in [6.07, 6.45) is 0.279. The average Bonchev–Trinajstić information content (AvgIpc) is 2.66. The number of anilines is 3. The number of aliphatic carboxylic acids is 1. The molecule has 29 heavy (non-hydrogen) atoms. The van der Waals surface area contributed by atoms with Gasteiger partial charge in [0.05, 0.1) is 12.3 Å². The van der Waals surface area contributed by atoms with Crippen LogP contribution in [-0.4, -0.2) is 30.4 Å². The molecular formula is C21H24N3O5-. The molecule has 2 aromatic rings. The van der Waals surface area contributed by atoms with Crippen molar-refractivity contribution in [1.29, 1.82) is 0 Å². The van der Waals surface area contributed by atoms with Gasteiger partial charge in [0.25, 0.3) is 0 Å². The standard InChI is InChI=1S/C21H25N3O5/c1-3-11-29-19-10-5-4-9-17(19)24-18(13-20(26)27)21(28)23-16-8-6-7-15(12-16)22-14(2)25/h4-10,12,18,24H,3,11,13H2,1-2H3,(H,22,25)(H,23,28)(H,26,27)/p-1/t18-/m1/s1. The van der Waals surface area contributed by atoms with Gasteiger partial charge >= 0.3 is 0 Å². The third-order valence-corrected chi connectivity index (χ3v) is 3.82. The second-order valence-corrected chi connectivity index (χ2v) is 6.37. The molecule has 0 fully saturated rings. The molecule has 0 aliphatic carbocycles. The molecule has 0 aromatic heterocycles. The van der Waals surface area contributed by atoms with E-state index in [4.69, 9.17) is 4.74 Å². The summed E-state index contributed by atoms with van der Waals surface area (Å²) in [6.45, 7) is 3.84. The van der Waals surface area contributed by atoms with Gasteiger partial charge in [0.1, 0.15) is 11.8 Å². The van der Waals surface area contributed by atoms with Gasteiger partial charge < -0.3 is 30.6 Å². The maximum Gasteiger partial charge on any atom is 0.247 e. The molecule has 8 nitrogen and oxygen atoms in total. The summed E-state index contributed by atoms with van der Waals surface area (Å²) in [5.41, 5.74) is 1.44. The highest BCUT2D eigenvalue weighted by Crippen LogP contribution is 2.25. The average molecular weight is 398 g/mol. The zero-order valence-electron chi connectivity index (χ0n) is 16.4. The minimum absolute atomic E-state index is 0.242. The van der Waals surface area contributed by atoms with Crippen LogP contribution >= 0.6 is 0 Å². The Bertz CT molecular complexity index is 869. The largest absolute Gasteiger partial charge is 0.550 e. The van der Waals surface area contributed by atoms with Crippen LogP contribution < -0.4 is 25.8 Å². The Balaban J connectivity index is 2.17. The predicted octanol–water partition coefficient (Wildman–Crippen LogP) is 1.99. The number of carbonyl (C=O) groups is 3. The molecule has 1 atom stereocenters. The highest BCUT2D eigenvalue weighted by atomic mass is 16.5. The molecule has 0 aliphatic heterocycles. The van der Waals surface area contributed by atoms with Gasteiger partial charge in [-0.2, -0.15) is 0 Å². The Labute approximate surface area is 169 Å². The molecule has 154 valence electrons. The number of carboxylic acids is 1. The monoisotopic (exact) mass is 398 g/mol. The highest BCUT2D eigenvalue weighted by molar-refractivity contribution is 5.99. The number of carbonyl (C=O) groups excluding carboxylic acids is 3. The Morgan fingerprint density at radius 3 is 2.38 bits per heavy atom. The van der Waals surface area contributed by atoms with Crippen LogP contribution in [0.4, 0.5) is 17.1 Å². The summed E-state index contributed by atoms with van der Waals surface area (Å²) in [4.78, 5) is 35.1. The second-order valence-electron chi connectivity index (χ2n) is 6.37. The second kappa shape index (κ2) is 10.7. The number of para-hydroxylation sites is 2. The molecule has 0 aliphatic rings. The minimum Gasteiger partial charge on any atom is -0.550 e. The van der Waals surface area contributed by atoms with Crippen LogP contribution in [0.25, 0.3) is 0 Å². The molecule has 2 amide bonds. The number of hydrogen-bond donors (Lipinski definition) is 3. The van der Waals surface area contributed by atoms with Gasteiger partial charge in [-0.3, -0.25) is 9.59 Å². The van der Waals surface area contributed by atoms with Crippen molar-refractivity contribution in [1.82, 2.24) is 0 Å².